The fraction of sp³-hybridized carbons (Fsp3) is 0.154. The summed E-state index contributed by atoms with van der Waals surface area (Å²) in [6.45, 7) is 0.142. The van der Waals surface area contributed by atoms with Gasteiger partial charge in [0.05, 0.1) is 16.4 Å². The molecule has 2 aromatic rings. The van der Waals surface area contributed by atoms with E-state index >= 15 is 0 Å². The molecule has 0 aliphatic heterocycles. The average molecular weight is 309 g/mol. The smallest absolute Gasteiger partial charge is 0.167 e. The fourth-order valence-electron chi connectivity index (χ4n) is 1.52. The largest absolute Gasteiger partial charge is 0.454 e. The van der Waals surface area contributed by atoms with E-state index in [1.165, 1.54) is 0 Å². The van der Waals surface area contributed by atoms with Crippen molar-refractivity contribution in [2.24, 2.45) is 0 Å². The molecule has 5 heteroatoms. The number of anilines is 1. The topological polar surface area (TPSA) is 68.4 Å². The number of nitrogens with zero attached hydrogens (tertiary/aromatic N) is 1. The van der Waals surface area contributed by atoms with Crippen LogP contribution in [0.1, 0.15) is 5.56 Å². The molecular formula is C13H13BrN2O2. The lowest BCUT2D eigenvalue weighted by Crippen LogP contribution is -1.95. The maximum Gasteiger partial charge on any atom is 0.167 e. The van der Waals surface area contributed by atoms with Crippen LogP contribution < -0.4 is 10.5 Å². The maximum absolute atomic E-state index is 8.84. The molecule has 1 aromatic carbocycles. The Balaban J connectivity index is 2.18. The highest BCUT2D eigenvalue weighted by atomic mass is 79.9. The third kappa shape index (κ3) is 3.00. The van der Waals surface area contributed by atoms with Crippen molar-refractivity contribution in [3.8, 4) is 11.5 Å². The van der Waals surface area contributed by atoms with Crippen molar-refractivity contribution in [3.63, 3.8) is 0 Å². The van der Waals surface area contributed by atoms with E-state index in [0.717, 1.165) is 5.56 Å². The Hall–Kier alpha value is -1.59. The molecule has 0 aliphatic rings. The minimum absolute atomic E-state index is 0.142. The number of rotatable bonds is 4. The number of hydrogen-bond donors (Lipinski definition) is 2. The van der Waals surface area contributed by atoms with Crippen LogP contribution >= 0.6 is 15.9 Å². The van der Waals surface area contributed by atoms with E-state index in [-0.39, 0.29) is 6.61 Å². The van der Waals surface area contributed by atoms with Crippen LogP contribution in [-0.4, -0.2) is 16.7 Å². The first-order chi connectivity index (χ1) is 8.70. The van der Waals surface area contributed by atoms with E-state index in [1.54, 1.807) is 12.4 Å². The second-order valence-corrected chi connectivity index (χ2v) is 4.61. The van der Waals surface area contributed by atoms with Crippen LogP contribution in [0, 0.1) is 0 Å². The molecule has 4 nitrogen and oxygen atoms in total. The van der Waals surface area contributed by atoms with Gasteiger partial charge in [0.1, 0.15) is 5.75 Å². The van der Waals surface area contributed by atoms with Gasteiger partial charge in [-0.05, 0) is 40.0 Å². The minimum atomic E-state index is 0.142. The SMILES string of the molecule is Nc1cncc(Br)c1Oc1ccc(CCO)cc1. The Labute approximate surface area is 114 Å². The van der Waals surface area contributed by atoms with Gasteiger partial charge in [0.15, 0.2) is 5.75 Å². The van der Waals surface area contributed by atoms with Gasteiger partial charge < -0.3 is 15.6 Å². The van der Waals surface area contributed by atoms with E-state index in [9.17, 15) is 0 Å². The summed E-state index contributed by atoms with van der Waals surface area (Å²) in [5.41, 5.74) is 7.33. The molecular weight excluding hydrogens is 296 g/mol. The van der Waals surface area contributed by atoms with Crippen LogP contribution in [0.2, 0.25) is 0 Å². The van der Waals surface area contributed by atoms with Crippen LogP contribution in [0.4, 0.5) is 5.69 Å². The Kier molecular flexibility index (Phi) is 4.17. The molecule has 0 amide bonds. The number of benzene rings is 1. The van der Waals surface area contributed by atoms with Crippen LogP contribution in [-0.2, 0) is 6.42 Å². The third-order valence-electron chi connectivity index (χ3n) is 2.42. The predicted octanol–water partition coefficient (Wildman–Crippen LogP) is 2.75. The van der Waals surface area contributed by atoms with Crippen LogP contribution in [0.25, 0.3) is 0 Å². The van der Waals surface area contributed by atoms with Crippen molar-refractivity contribution >= 4 is 21.6 Å². The van der Waals surface area contributed by atoms with E-state index in [0.29, 0.717) is 28.1 Å². The molecule has 0 atom stereocenters. The quantitative estimate of drug-likeness (QED) is 0.911. The second kappa shape index (κ2) is 5.84. The highest BCUT2D eigenvalue weighted by Gasteiger charge is 2.07. The third-order valence-corrected chi connectivity index (χ3v) is 2.99. The van der Waals surface area contributed by atoms with Crippen molar-refractivity contribution in [3.05, 3.63) is 46.7 Å². The lowest BCUT2D eigenvalue weighted by atomic mass is 10.1. The molecule has 0 aliphatic carbocycles. The van der Waals surface area contributed by atoms with Gasteiger partial charge in [-0.1, -0.05) is 12.1 Å². The molecule has 18 heavy (non-hydrogen) atoms. The van der Waals surface area contributed by atoms with E-state index in [4.69, 9.17) is 15.6 Å². The van der Waals surface area contributed by atoms with Crippen molar-refractivity contribution in [1.82, 2.24) is 4.98 Å². The van der Waals surface area contributed by atoms with Crippen molar-refractivity contribution < 1.29 is 9.84 Å². The summed E-state index contributed by atoms with van der Waals surface area (Å²) < 4.78 is 6.41. The first-order valence-electron chi connectivity index (χ1n) is 5.47. The summed E-state index contributed by atoms with van der Waals surface area (Å²) >= 11 is 3.34. The number of pyridine rings is 1. The molecule has 94 valence electrons. The van der Waals surface area contributed by atoms with Gasteiger partial charge in [-0.3, -0.25) is 4.98 Å². The van der Waals surface area contributed by atoms with Crippen LogP contribution in [0.15, 0.2) is 41.1 Å². The summed E-state index contributed by atoms with van der Waals surface area (Å²) in [4.78, 5) is 3.94. The average Bonchev–Trinajstić information content (AvgIpc) is 2.36. The van der Waals surface area contributed by atoms with Crippen LogP contribution in [0.5, 0.6) is 11.5 Å². The molecule has 1 heterocycles. The molecule has 0 saturated heterocycles. The maximum atomic E-state index is 8.84. The molecule has 0 saturated carbocycles. The Morgan fingerprint density at radius 1 is 1.22 bits per heavy atom. The zero-order valence-electron chi connectivity index (χ0n) is 9.64. The molecule has 1 aromatic heterocycles. The number of nitrogen functional groups attached to an aromatic ring is 1. The number of aromatic nitrogens is 1. The fourth-order valence-corrected chi connectivity index (χ4v) is 1.95. The molecule has 0 bridgehead atoms. The Bertz CT molecular complexity index is 509. The summed E-state index contributed by atoms with van der Waals surface area (Å²) in [7, 11) is 0. The van der Waals surface area contributed by atoms with Gasteiger partial charge in [0, 0.05) is 12.8 Å². The van der Waals surface area contributed by atoms with Crippen LogP contribution in [0.3, 0.4) is 0 Å². The molecule has 2 rings (SSSR count). The number of halogens is 1. The zero-order chi connectivity index (χ0) is 13.0. The number of aliphatic hydroxyl groups is 1. The van der Waals surface area contributed by atoms with E-state index in [1.807, 2.05) is 24.3 Å². The highest BCUT2D eigenvalue weighted by Crippen LogP contribution is 2.33. The lowest BCUT2D eigenvalue weighted by Gasteiger charge is -2.10. The minimum Gasteiger partial charge on any atom is -0.454 e. The van der Waals surface area contributed by atoms with Crippen molar-refractivity contribution in [2.45, 2.75) is 6.42 Å². The summed E-state index contributed by atoms with van der Waals surface area (Å²) in [5.74, 6) is 1.25. The normalized spacial score (nSPS) is 10.3. The van der Waals surface area contributed by atoms with Crippen molar-refractivity contribution in [1.29, 1.82) is 0 Å². The first-order valence-corrected chi connectivity index (χ1v) is 6.26. The van der Waals surface area contributed by atoms with Gasteiger partial charge in [0.25, 0.3) is 0 Å². The number of nitrogens with two attached hydrogens (primary N) is 1. The number of hydrogen-bond acceptors (Lipinski definition) is 4. The summed E-state index contributed by atoms with van der Waals surface area (Å²) in [5, 5.41) is 8.84. The summed E-state index contributed by atoms with van der Waals surface area (Å²) in [6, 6.07) is 7.52. The van der Waals surface area contributed by atoms with Gasteiger partial charge in [-0.2, -0.15) is 0 Å². The standard InChI is InChI=1S/C13H13BrN2O2/c14-11-7-16-8-12(15)13(11)18-10-3-1-9(2-4-10)5-6-17/h1-4,7-8,17H,5-6,15H2. The zero-order valence-corrected chi connectivity index (χ0v) is 11.2. The molecule has 3 N–H and O–H groups in total. The molecule has 0 unspecified atom stereocenters. The molecule has 0 fully saturated rings. The Morgan fingerprint density at radius 3 is 2.56 bits per heavy atom. The van der Waals surface area contributed by atoms with Gasteiger partial charge in [-0.25, -0.2) is 0 Å². The Morgan fingerprint density at radius 2 is 1.94 bits per heavy atom. The second-order valence-electron chi connectivity index (χ2n) is 3.76. The lowest BCUT2D eigenvalue weighted by molar-refractivity contribution is 0.299. The van der Waals surface area contributed by atoms with E-state index < -0.39 is 0 Å². The number of aliphatic hydroxyl groups excluding tert-OH is 1. The highest BCUT2D eigenvalue weighted by molar-refractivity contribution is 9.10. The predicted molar refractivity (Wildman–Crippen MR) is 73.7 cm³/mol. The van der Waals surface area contributed by atoms with E-state index in [2.05, 4.69) is 20.9 Å². The van der Waals surface area contributed by atoms with Crippen molar-refractivity contribution in [2.75, 3.05) is 12.3 Å². The first kappa shape index (κ1) is 12.9. The van der Waals surface area contributed by atoms with Gasteiger partial charge >= 0.3 is 0 Å². The number of ether oxygens (including phenoxy) is 1. The molecule has 0 spiro atoms. The van der Waals surface area contributed by atoms with Gasteiger partial charge in [-0.15, -0.1) is 0 Å². The molecule has 0 radical (unpaired) electrons. The van der Waals surface area contributed by atoms with Gasteiger partial charge in [0.2, 0.25) is 0 Å². The summed E-state index contributed by atoms with van der Waals surface area (Å²) in [6.07, 6.45) is 3.81. The monoisotopic (exact) mass is 308 g/mol.